The molecule has 0 aliphatic rings. The molecule has 1 amide bonds. The smallest absolute Gasteiger partial charge is 0.406 e. The average Bonchev–Trinajstić information content (AvgIpc) is 3.13. The Bertz CT molecular complexity index is 861. The van der Waals surface area contributed by atoms with Crippen molar-refractivity contribution in [2.75, 3.05) is 0 Å². The third-order valence-electron chi connectivity index (χ3n) is 3.41. The third-order valence-corrected chi connectivity index (χ3v) is 4.29. The largest absolute Gasteiger partial charge is 0.573 e. The summed E-state index contributed by atoms with van der Waals surface area (Å²) in [5.74, 6) is -0.544. The number of hydrogen-bond donors (Lipinski definition) is 1. The molecule has 0 unspecified atom stereocenters. The van der Waals surface area contributed by atoms with Crippen molar-refractivity contribution in [2.24, 2.45) is 0 Å². The number of hydrogen-bond acceptors (Lipinski definition) is 4. The number of alkyl halides is 3. The van der Waals surface area contributed by atoms with Crippen LogP contribution in [0.4, 0.5) is 13.2 Å². The first-order chi connectivity index (χ1) is 12.4. The van der Waals surface area contributed by atoms with Gasteiger partial charge in [-0.25, -0.2) is 0 Å². The van der Waals surface area contributed by atoms with E-state index >= 15 is 0 Å². The topological polar surface area (TPSA) is 51.2 Å². The van der Waals surface area contributed by atoms with Gasteiger partial charge in [0.15, 0.2) is 0 Å². The highest BCUT2D eigenvalue weighted by molar-refractivity contribution is 7.09. The standard InChI is InChI=1S/C18H13F3N2O2S/c19-18(20,21)25-14-6-3-12(4-7-14)16-8-5-13(10-22-16)17(24)23-11-15-2-1-9-26-15/h1-10H,11H2,(H,23,24). The Morgan fingerprint density at radius 1 is 1.12 bits per heavy atom. The molecular weight excluding hydrogens is 365 g/mol. The van der Waals surface area contributed by atoms with Gasteiger partial charge < -0.3 is 10.1 Å². The molecule has 0 atom stereocenters. The van der Waals surface area contributed by atoms with Crippen LogP contribution in [-0.4, -0.2) is 17.3 Å². The monoisotopic (exact) mass is 378 g/mol. The van der Waals surface area contributed by atoms with Crippen LogP contribution in [0.15, 0.2) is 60.1 Å². The van der Waals surface area contributed by atoms with E-state index in [4.69, 9.17) is 0 Å². The van der Waals surface area contributed by atoms with Crippen LogP contribution < -0.4 is 10.1 Å². The zero-order valence-corrected chi connectivity index (χ0v) is 14.1. The van der Waals surface area contributed by atoms with Gasteiger partial charge in [-0.3, -0.25) is 9.78 Å². The summed E-state index contributed by atoms with van der Waals surface area (Å²) in [6.07, 6.45) is -3.29. The van der Waals surface area contributed by atoms with Crippen molar-refractivity contribution in [3.05, 3.63) is 70.5 Å². The average molecular weight is 378 g/mol. The zero-order valence-electron chi connectivity index (χ0n) is 13.3. The molecule has 4 nitrogen and oxygen atoms in total. The van der Waals surface area contributed by atoms with Gasteiger partial charge in [0.2, 0.25) is 0 Å². The molecule has 1 aromatic carbocycles. The number of thiophene rings is 1. The Morgan fingerprint density at radius 2 is 1.88 bits per heavy atom. The van der Waals surface area contributed by atoms with E-state index in [0.29, 0.717) is 23.4 Å². The summed E-state index contributed by atoms with van der Waals surface area (Å²) in [4.78, 5) is 17.3. The first-order valence-corrected chi connectivity index (χ1v) is 8.41. The minimum Gasteiger partial charge on any atom is -0.406 e. The van der Waals surface area contributed by atoms with E-state index in [-0.39, 0.29) is 11.7 Å². The molecule has 0 saturated carbocycles. The van der Waals surface area contributed by atoms with Crippen molar-refractivity contribution in [1.29, 1.82) is 0 Å². The fraction of sp³-hybridized carbons (Fsp3) is 0.111. The number of nitrogens with zero attached hydrogens (tertiary/aromatic N) is 1. The minimum absolute atomic E-state index is 0.244. The predicted molar refractivity (Wildman–Crippen MR) is 91.8 cm³/mol. The van der Waals surface area contributed by atoms with Crippen molar-refractivity contribution in [2.45, 2.75) is 12.9 Å². The van der Waals surface area contributed by atoms with Crippen molar-refractivity contribution < 1.29 is 22.7 Å². The SMILES string of the molecule is O=C(NCc1cccs1)c1ccc(-c2ccc(OC(F)(F)F)cc2)nc1. The number of nitrogens with one attached hydrogen (secondary N) is 1. The van der Waals surface area contributed by atoms with Crippen LogP contribution in [0.3, 0.4) is 0 Å². The molecular formula is C18H13F3N2O2S. The van der Waals surface area contributed by atoms with E-state index in [0.717, 1.165) is 4.88 Å². The van der Waals surface area contributed by atoms with Crippen LogP contribution in [0.1, 0.15) is 15.2 Å². The summed E-state index contributed by atoms with van der Waals surface area (Å²) in [5.41, 5.74) is 1.56. The molecule has 0 spiro atoms. The molecule has 134 valence electrons. The van der Waals surface area contributed by atoms with Crippen molar-refractivity contribution in [1.82, 2.24) is 10.3 Å². The summed E-state index contributed by atoms with van der Waals surface area (Å²) in [7, 11) is 0. The molecule has 2 heterocycles. The van der Waals surface area contributed by atoms with E-state index in [1.54, 1.807) is 23.5 Å². The lowest BCUT2D eigenvalue weighted by Crippen LogP contribution is -2.22. The van der Waals surface area contributed by atoms with Gasteiger partial charge in [0.05, 0.1) is 17.8 Å². The fourth-order valence-corrected chi connectivity index (χ4v) is 2.85. The third kappa shape index (κ3) is 4.82. The van der Waals surface area contributed by atoms with Crippen LogP contribution in [0.5, 0.6) is 5.75 Å². The number of benzene rings is 1. The normalized spacial score (nSPS) is 11.2. The van der Waals surface area contributed by atoms with E-state index in [1.807, 2.05) is 17.5 Å². The Morgan fingerprint density at radius 3 is 2.46 bits per heavy atom. The molecule has 0 radical (unpaired) electrons. The molecule has 0 bridgehead atoms. The number of carbonyl (C=O) groups is 1. The molecule has 2 aromatic heterocycles. The predicted octanol–water partition coefficient (Wildman–Crippen LogP) is 4.64. The molecule has 3 rings (SSSR count). The molecule has 26 heavy (non-hydrogen) atoms. The van der Waals surface area contributed by atoms with Gasteiger partial charge in [-0.1, -0.05) is 6.07 Å². The van der Waals surface area contributed by atoms with Crippen LogP contribution in [0.25, 0.3) is 11.3 Å². The highest BCUT2D eigenvalue weighted by Gasteiger charge is 2.30. The van der Waals surface area contributed by atoms with E-state index in [9.17, 15) is 18.0 Å². The van der Waals surface area contributed by atoms with Gasteiger partial charge in [0.1, 0.15) is 5.75 Å². The van der Waals surface area contributed by atoms with Crippen LogP contribution in [0.2, 0.25) is 0 Å². The Kier molecular flexibility index (Phi) is 5.22. The summed E-state index contributed by atoms with van der Waals surface area (Å²) in [5, 5.41) is 4.73. The highest BCUT2D eigenvalue weighted by Crippen LogP contribution is 2.25. The Hall–Kier alpha value is -2.87. The second kappa shape index (κ2) is 7.57. The Labute approximate surface area is 151 Å². The lowest BCUT2D eigenvalue weighted by Gasteiger charge is -2.09. The van der Waals surface area contributed by atoms with Crippen LogP contribution in [0, 0.1) is 0 Å². The maximum atomic E-state index is 12.2. The molecule has 0 fully saturated rings. The highest BCUT2D eigenvalue weighted by atomic mass is 32.1. The van der Waals surface area contributed by atoms with Gasteiger partial charge >= 0.3 is 6.36 Å². The molecule has 0 saturated heterocycles. The summed E-state index contributed by atoms with van der Waals surface area (Å²) < 4.78 is 40.3. The molecule has 0 aliphatic carbocycles. The second-order valence-electron chi connectivity index (χ2n) is 5.27. The van der Waals surface area contributed by atoms with E-state index in [2.05, 4.69) is 15.0 Å². The maximum absolute atomic E-state index is 12.2. The number of ether oxygens (including phenoxy) is 1. The van der Waals surface area contributed by atoms with Crippen molar-refractivity contribution in [3.8, 4) is 17.0 Å². The van der Waals surface area contributed by atoms with Gasteiger partial charge in [-0.15, -0.1) is 24.5 Å². The first-order valence-electron chi connectivity index (χ1n) is 7.53. The minimum atomic E-state index is -4.72. The zero-order chi connectivity index (χ0) is 18.6. The molecule has 3 aromatic rings. The number of carbonyl (C=O) groups excluding carboxylic acids is 1. The van der Waals surface area contributed by atoms with Crippen LogP contribution >= 0.6 is 11.3 Å². The molecule has 8 heteroatoms. The maximum Gasteiger partial charge on any atom is 0.573 e. The Balaban J connectivity index is 1.64. The first kappa shape index (κ1) is 17.9. The number of amides is 1. The van der Waals surface area contributed by atoms with Gasteiger partial charge in [0.25, 0.3) is 5.91 Å². The number of aromatic nitrogens is 1. The lowest BCUT2D eigenvalue weighted by atomic mass is 10.1. The van der Waals surface area contributed by atoms with Gasteiger partial charge in [-0.05, 0) is 47.8 Å². The van der Waals surface area contributed by atoms with Crippen molar-refractivity contribution >= 4 is 17.2 Å². The van der Waals surface area contributed by atoms with E-state index < -0.39 is 6.36 Å². The number of halogens is 3. The molecule has 1 N–H and O–H groups in total. The quantitative estimate of drug-likeness (QED) is 0.704. The number of pyridine rings is 1. The van der Waals surface area contributed by atoms with E-state index in [1.165, 1.54) is 30.5 Å². The van der Waals surface area contributed by atoms with Crippen LogP contribution in [-0.2, 0) is 6.54 Å². The summed E-state index contributed by atoms with van der Waals surface area (Å²) >= 11 is 1.55. The summed E-state index contributed by atoms with van der Waals surface area (Å²) in [6, 6.07) is 12.5. The van der Waals surface area contributed by atoms with Gasteiger partial charge in [-0.2, -0.15) is 0 Å². The van der Waals surface area contributed by atoms with Crippen molar-refractivity contribution in [3.63, 3.8) is 0 Å². The van der Waals surface area contributed by atoms with Gasteiger partial charge in [0, 0.05) is 16.6 Å². The molecule has 0 aliphatic heterocycles. The second-order valence-corrected chi connectivity index (χ2v) is 6.30. The summed E-state index contributed by atoms with van der Waals surface area (Å²) in [6.45, 7) is 0.443. The lowest BCUT2D eigenvalue weighted by molar-refractivity contribution is -0.274. The fourth-order valence-electron chi connectivity index (χ4n) is 2.21. The number of rotatable bonds is 5.